The normalized spacial score (nSPS) is 17.2. The first kappa shape index (κ1) is 19.6. The first-order chi connectivity index (χ1) is 11.6. The first-order valence-electron chi connectivity index (χ1n) is 7.68. The predicted octanol–water partition coefficient (Wildman–Crippen LogP) is 3.90. The Labute approximate surface area is 151 Å². The smallest absolute Gasteiger partial charge is 0.413 e. The van der Waals surface area contributed by atoms with E-state index >= 15 is 0 Å². The summed E-state index contributed by atoms with van der Waals surface area (Å²) in [4.78, 5) is 25.3. The lowest BCUT2D eigenvalue weighted by Gasteiger charge is -2.35. The molecule has 0 aliphatic carbocycles. The van der Waals surface area contributed by atoms with E-state index < -0.39 is 30.1 Å². The molecule has 0 unspecified atom stereocenters. The van der Waals surface area contributed by atoms with Crippen LogP contribution in [0.2, 0.25) is 0 Å². The van der Waals surface area contributed by atoms with Crippen molar-refractivity contribution >= 4 is 27.9 Å². The molecule has 1 N–H and O–H groups in total. The molecule has 1 aromatic carbocycles. The Hall–Kier alpha value is -1.77. The van der Waals surface area contributed by atoms with E-state index in [0.29, 0.717) is 4.47 Å². The van der Waals surface area contributed by atoms with E-state index in [0.717, 1.165) is 11.9 Å². The van der Waals surface area contributed by atoms with Gasteiger partial charge in [0.15, 0.2) is 6.04 Å². The summed E-state index contributed by atoms with van der Waals surface area (Å²) in [6.07, 6.45) is -5.25. The fourth-order valence-electron chi connectivity index (χ4n) is 3.01. The molecule has 1 heterocycles. The zero-order valence-electron chi connectivity index (χ0n) is 13.5. The summed E-state index contributed by atoms with van der Waals surface area (Å²) in [5.74, 6) is -1.23. The van der Waals surface area contributed by atoms with Crippen LogP contribution in [0.1, 0.15) is 24.4 Å². The summed E-state index contributed by atoms with van der Waals surface area (Å²) in [6.45, 7) is 0.295. The van der Waals surface area contributed by atoms with Gasteiger partial charge in [0, 0.05) is 30.5 Å². The Balaban J connectivity index is 2.16. The average molecular weight is 423 g/mol. The average Bonchev–Trinajstić information content (AvgIpc) is 2.55. The fraction of sp³-hybridized carbons (Fsp3) is 0.500. The van der Waals surface area contributed by atoms with Crippen molar-refractivity contribution in [3.05, 3.63) is 34.3 Å². The number of piperidine rings is 1. The van der Waals surface area contributed by atoms with Crippen molar-refractivity contribution in [2.45, 2.75) is 25.1 Å². The minimum absolute atomic E-state index is 0.0190. The summed E-state index contributed by atoms with van der Waals surface area (Å²) in [7, 11) is 1.14. The second-order valence-corrected chi connectivity index (χ2v) is 6.90. The van der Waals surface area contributed by atoms with Gasteiger partial charge in [-0.25, -0.2) is 4.79 Å². The fourth-order valence-corrected chi connectivity index (χ4v) is 3.27. The number of hydrogen-bond donors (Lipinski definition) is 1. The second-order valence-electron chi connectivity index (χ2n) is 5.99. The van der Waals surface area contributed by atoms with Gasteiger partial charge in [-0.1, -0.05) is 28.1 Å². The van der Waals surface area contributed by atoms with Crippen molar-refractivity contribution in [3.63, 3.8) is 0 Å². The number of alkyl halides is 3. The molecule has 0 radical (unpaired) electrons. The van der Waals surface area contributed by atoms with E-state index in [-0.39, 0.29) is 31.5 Å². The third kappa shape index (κ3) is 4.65. The number of halogens is 4. The first-order valence-corrected chi connectivity index (χ1v) is 8.47. The van der Waals surface area contributed by atoms with E-state index in [1.807, 2.05) is 0 Å². The van der Waals surface area contributed by atoms with Gasteiger partial charge in [-0.15, -0.1) is 0 Å². The van der Waals surface area contributed by atoms with Crippen LogP contribution in [0.15, 0.2) is 28.7 Å². The van der Waals surface area contributed by atoms with Crippen LogP contribution in [-0.4, -0.2) is 53.2 Å². The summed E-state index contributed by atoms with van der Waals surface area (Å²) in [5, 5.41) is 8.92. The molecule has 1 fully saturated rings. The quantitative estimate of drug-likeness (QED) is 0.803. The van der Waals surface area contributed by atoms with E-state index in [1.54, 1.807) is 0 Å². The van der Waals surface area contributed by atoms with Gasteiger partial charge in [0.05, 0.1) is 0 Å². The molecule has 5 nitrogen and oxygen atoms in total. The SMILES string of the molecule is CN(C(=O)C1CCN(C(=O)O)CC1)[C@@H](c1ccc(Br)cc1)C(F)(F)F. The van der Waals surface area contributed by atoms with Crippen molar-refractivity contribution in [1.29, 1.82) is 0 Å². The lowest BCUT2D eigenvalue weighted by Crippen LogP contribution is -2.46. The number of nitrogens with zero attached hydrogens (tertiary/aromatic N) is 2. The van der Waals surface area contributed by atoms with Crippen molar-refractivity contribution in [2.24, 2.45) is 5.92 Å². The van der Waals surface area contributed by atoms with E-state index in [9.17, 15) is 22.8 Å². The van der Waals surface area contributed by atoms with Gasteiger partial charge >= 0.3 is 12.3 Å². The molecule has 1 aliphatic rings. The Morgan fingerprint density at radius 3 is 2.20 bits per heavy atom. The molecule has 25 heavy (non-hydrogen) atoms. The number of likely N-dealkylation sites (tertiary alicyclic amines) is 1. The molecular formula is C16H18BrF3N2O3. The lowest BCUT2D eigenvalue weighted by molar-refractivity contribution is -0.191. The van der Waals surface area contributed by atoms with Gasteiger partial charge in [-0.3, -0.25) is 4.79 Å². The van der Waals surface area contributed by atoms with E-state index in [1.165, 1.54) is 29.2 Å². The van der Waals surface area contributed by atoms with Crippen LogP contribution in [0.3, 0.4) is 0 Å². The van der Waals surface area contributed by atoms with Crippen molar-refractivity contribution in [3.8, 4) is 0 Å². The molecular weight excluding hydrogens is 405 g/mol. The summed E-state index contributed by atoms with van der Waals surface area (Å²) >= 11 is 3.18. The third-order valence-electron chi connectivity index (χ3n) is 4.35. The number of benzene rings is 1. The number of amides is 2. The number of carbonyl (C=O) groups excluding carboxylic acids is 1. The predicted molar refractivity (Wildman–Crippen MR) is 88.0 cm³/mol. The maximum atomic E-state index is 13.6. The number of carboxylic acid groups (broad SMARTS) is 1. The minimum atomic E-state index is -4.61. The molecule has 138 valence electrons. The van der Waals surface area contributed by atoms with Crippen LogP contribution in [0.4, 0.5) is 18.0 Å². The molecule has 1 atom stereocenters. The largest absolute Gasteiger partial charge is 0.465 e. The number of carbonyl (C=O) groups is 2. The highest BCUT2D eigenvalue weighted by atomic mass is 79.9. The maximum absolute atomic E-state index is 13.6. The highest BCUT2D eigenvalue weighted by Gasteiger charge is 2.46. The molecule has 2 rings (SSSR count). The van der Waals surface area contributed by atoms with Crippen molar-refractivity contribution in [2.75, 3.05) is 20.1 Å². The summed E-state index contributed by atoms with van der Waals surface area (Å²) in [5.41, 5.74) is -0.0190. The van der Waals surface area contributed by atoms with Crippen LogP contribution in [0.5, 0.6) is 0 Å². The van der Waals surface area contributed by atoms with Gasteiger partial charge in [0.1, 0.15) is 0 Å². The molecule has 0 spiro atoms. The molecule has 1 aliphatic heterocycles. The van der Waals surface area contributed by atoms with Gasteiger partial charge in [0.25, 0.3) is 0 Å². The zero-order chi connectivity index (χ0) is 18.8. The highest BCUT2D eigenvalue weighted by Crippen LogP contribution is 2.38. The third-order valence-corrected chi connectivity index (χ3v) is 4.87. The maximum Gasteiger partial charge on any atom is 0.413 e. The van der Waals surface area contributed by atoms with Gasteiger partial charge in [-0.2, -0.15) is 13.2 Å². The van der Waals surface area contributed by atoms with E-state index in [4.69, 9.17) is 5.11 Å². The van der Waals surface area contributed by atoms with Crippen LogP contribution in [0, 0.1) is 5.92 Å². The Morgan fingerprint density at radius 2 is 1.76 bits per heavy atom. The Kier molecular flexibility index (Phi) is 5.97. The molecule has 2 amide bonds. The van der Waals surface area contributed by atoms with Crippen LogP contribution in [0.25, 0.3) is 0 Å². The molecule has 1 saturated heterocycles. The zero-order valence-corrected chi connectivity index (χ0v) is 15.0. The summed E-state index contributed by atoms with van der Waals surface area (Å²) < 4.78 is 41.3. The lowest BCUT2D eigenvalue weighted by atomic mass is 9.94. The molecule has 0 bridgehead atoms. The van der Waals surface area contributed by atoms with Crippen LogP contribution in [-0.2, 0) is 4.79 Å². The van der Waals surface area contributed by atoms with Gasteiger partial charge in [-0.05, 0) is 30.5 Å². The molecule has 1 aromatic rings. The van der Waals surface area contributed by atoms with Gasteiger partial charge < -0.3 is 14.9 Å². The van der Waals surface area contributed by atoms with Gasteiger partial charge in [0.2, 0.25) is 5.91 Å². The van der Waals surface area contributed by atoms with E-state index in [2.05, 4.69) is 15.9 Å². The Morgan fingerprint density at radius 1 is 1.24 bits per heavy atom. The molecule has 9 heteroatoms. The standard InChI is InChI=1S/C16H18BrF3N2O3/c1-21(14(23)11-6-8-22(9-7-11)15(24)25)13(16(18,19)20)10-2-4-12(17)5-3-10/h2-5,11,13H,6-9H2,1H3,(H,24,25)/t13-/m0/s1. The van der Waals surface area contributed by atoms with Crippen LogP contribution < -0.4 is 0 Å². The highest BCUT2D eigenvalue weighted by molar-refractivity contribution is 9.10. The number of hydrogen-bond acceptors (Lipinski definition) is 2. The monoisotopic (exact) mass is 422 g/mol. The summed E-state index contributed by atoms with van der Waals surface area (Å²) in [6, 6.07) is 3.62. The minimum Gasteiger partial charge on any atom is -0.465 e. The Bertz CT molecular complexity index is 629. The van der Waals surface area contributed by atoms with Crippen molar-refractivity contribution in [1.82, 2.24) is 9.80 Å². The number of rotatable bonds is 3. The second kappa shape index (κ2) is 7.63. The molecule has 0 saturated carbocycles. The topological polar surface area (TPSA) is 60.9 Å². The van der Waals surface area contributed by atoms with Crippen molar-refractivity contribution < 1.29 is 27.9 Å². The molecule has 0 aromatic heterocycles. The van der Waals surface area contributed by atoms with Crippen LogP contribution >= 0.6 is 15.9 Å².